The molecule has 84 valence electrons. The van der Waals surface area contributed by atoms with Gasteiger partial charge in [0.1, 0.15) is 11.5 Å². The average Bonchev–Trinajstić information content (AvgIpc) is 2.71. The van der Waals surface area contributed by atoms with Crippen molar-refractivity contribution < 1.29 is 4.39 Å². The van der Waals surface area contributed by atoms with Gasteiger partial charge >= 0.3 is 0 Å². The Kier molecular flexibility index (Phi) is 2.96. The van der Waals surface area contributed by atoms with Gasteiger partial charge in [-0.1, -0.05) is 5.21 Å². The smallest absolute Gasteiger partial charge is 0.126 e. The van der Waals surface area contributed by atoms with Gasteiger partial charge in [0, 0.05) is 12.1 Å². The zero-order chi connectivity index (χ0) is 11.5. The minimum Gasteiger partial charge on any atom is -0.329 e. The molecule has 0 saturated carbocycles. The lowest BCUT2D eigenvalue weighted by Crippen LogP contribution is -2.10. The van der Waals surface area contributed by atoms with Crippen LogP contribution in [0.25, 0.3) is 11.3 Å². The minimum absolute atomic E-state index is 0.210. The van der Waals surface area contributed by atoms with Gasteiger partial charge in [0.15, 0.2) is 0 Å². The molecule has 0 bridgehead atoms. The summed E-state index contributed by atoms with van der Waals surface area (Å²) in [5.41, 5.74) is 7.61. The molecule has 0 aliphatic rings. The second-order valence-electron chi connectivity index (χ2n) is 3.62. The average molecular weight is 220 g/mol. The van der Waals surface area contributed by atoms with Crippen molar-refractivity contribution in [2.75, 3.05) is 6.54 Å². The largest absolute Gasteiger partial charge is 0.329 e. The van der Waals surface area contributed by atoms with Crippen LogP contribution in [0.15, 0.2) is 24.4 Å². The van der Waals surface area contributed by atoms with Crippen molar-refractivity contribution in [1.29, 1.82) is 0 Å². The molecule has 0 aliphatic heterocycles. The monoisotopic (exact) mass is 220 g/mol. The Morgan fingerprint density at radius 1 is 1.44 bits per heavy atom. The van der Waals surface area contributed by atoms with Crippen molar-refractivity contribution in [1.82, 2.24) is 15.0 Å². The van der Waals surface area contributed by atoms with E-state index in [-0.39, 0.29) is 5.82 Å². The van der Waals surface area contributed by atoms with Gasteiger partial charge in [-0.25, -0.2) is 4.39 Å². The molecule has 0 aliphatic carbocycles. The SMILES string of the molecule is Cc1cc(-c2cn(CCN)nn2)ccc1F. The molecule has 0 amide bonds. The predicted molar refractivity (Wildman–Crippen MR) is 59.2 cm³/mol. The van der Waals surface area contributed by atoms with Crippen LogP contribution in [-0.2, 0) is 6.54 Å². The highest BCUT2D eigenvalue weighted by atomic mass is 19.1. The lowest BCUT2D eigenvalue weighted by atomic mass is 10.1. The van der Waals surface area contributed by atoms with Gasteiger partial charge in [-0.15, -0.1) is 5.10 Å². The summed E-state index contributed by atoms with van der Waals surface area (Å²) in [6.45, 7) is 2.88. The van der Waals surface area contributed by atoms with Crippen molar-refractivity contribution in [2.45, 2.75) is 13.5 Å². The van der Waals surface area contributed by atoms with Crippen molar-refractivity contribution in [3.63, 3.8) is 0 Å². The number of nitrogens with two attached hydrogens (primary N) is 1. The number of nitrogens with zero attached hydrogens (tertiary/aromatic N) is 3. The Labute approximate surface area is 92.9 Å². The Balaban J connectivity index is 2.31. The van der Waals surface area contributed by atoms with Gasteiger partial charge in [-0.2, -0.15) is 0 Å². The second kappa shape index (κ2) is 4.40. The molecule has 0 saturated heterocycles. The maximum absolute atomic E-state index is 13.1. The lowest BCUT2D eigenvalue weighted by Gasteiger charge is -1.99. The molecule has 1 aromatic heterocycles. The third-order valence-corrected chi connectivity index (χ3v) is 2.35. The van der Waals surface area contributed by atoms with Crippen LogP contribution < -0.4 is 5.73 Å². The third-order valence-electron chi connectivity index (χ3n) is 2.35. The van der Waals surface area contributed by atoms with E-state index in [2.05, 4.69) is 10.3 Å². The number of rotatable bonds is 3. The summed E-state index contributed by atoms with van der Waals surface area (Å²) in [4.78, 5) is 0. The van der Waals surface area contributed by atoms with E-state index in [1.54, 1.807) is 29.9 Å². The van der Waals surface area contributed by atoms with E-state index < -0.39 is 0 Å². The summed E-state index contributed by atoms with van der Waals surface area (Å²) < 4.78 is 14.8. The maximum Gasteiger partial charge on any atom is 0.126 e. The molecule has 0 unspecified atom stereocenters. The van der Waals surface area contributed by atoms with Crippen LogP contribution in [-0.4, -0.2) is 21.5 Å². The molecule has 0 radical (unpaired) electrons. The Morgan fingerprint density at radius 2 is 2.25 bits per heavy atom. The Hall–Kier alpha value is -1.75. The van der Waals surface area contributed by atoms with Gasteiger partial charge in [0.2, 0.25) is 0 Å². The molecule has 16 heavy (non-hydrogen) atoms. The number of aromatic nitrogens is 3. The van der Waals surface area contributed by atoms with E-state index >= 15 is 0 Å². The zero-order valence-corrected chi connectivity index (χ0v) is 9.02. The molecular formula is C11H13FN4. The summed E-state index contributed by atoms with van der Waals surface area (Å²) in [6, 6.07) is 4.89. The van der Waals surface area contributed by atoms with Crippen LogP contribution in [0.5, 0.6) is 0 Å². The summed E-state index contributed by atoms with van der Waals surface area (Å²) in [6.07, 6.45) is 1.81. The summed E-state index contributed by atoms with van der Waals surface area (Å²) in [5, 5.41) is 7.94. The van der Waals surface area contributed by atoms with E-state index in [1.165, 1.54) is 6.07 Å². The first kappa shape index (κ1) is 10.8. The van der Waals surface area contributed by atoms with Gasteiger partial charge in [-0.05, 0) is 30.7 Å². The van der Waals surface area contributed by atoms with Crippen LogP contribution in [0.2, 0.25) is 0 Å². The number of halogens is 1. The van der Waals surface area contributed by atoms with E-state index in [9.17, 15) is 4.39 Å². The highest BCUT2D eigenvalue weighted by Gasteiger charge is 2.05. The fourth-order valence-electron chi connectivity index (χ4n) is 1.48. The molecule has 4 nitrogen and oxygen atoms in total. The molecular weight excluding hydrogens is 207 g/mol. The quantitative estimate of drug-likeness (QED) is 0.849. The van der Waals surface area contributed by atoms with Gasteiger partial charge in [-0.3, -0.25) is 4.68 Å². The first-order valence-electron chi connectivity index (χ1n) is 5.07. The van der Waals surface area contributed by atoms with Crippen LogP contribution in [0, 0.1) is 12.7 Å². The number of hydrogen-bond donors (Lipinski definition) is 1. The van der Waals surface area contributed by atoms with E-state index in [1.807, 2.05) is 0 Å². The van der Waals surface area contributed by atoms with Crippen LogP contribution in [0.1, 0.15) is 5.56 Å². The van der Waals surface area contributed by atoms with Gasteiger partial charge < -0.3 is 5.73 Å². The second-order valence-corrected chi connectivity index (χ2v) is 3.62. The van der Waals surface area contributed by atoms with E-state index in [0.717, 1.165) is 11.3 Å². The minimum atomic E-state index is -0.210. The van der Waals surface area contributed by atoms with Gasteiger partial charge in [0.25, 0.3) is 0 Å². The Morgan fingerprint density at radius 3 is 2.94 bits per heavy atom. The highest BCUT2D eigenvalue weighted by Crippen LogP contribution is 2.19. The summed E-state index contributed by atoms with van der Waals surface area (Å²) in [5.74, 6) is -0.210. The topological polar surface area (TPSA) is 56.7 Å². The summed E-state index contributed by atoms with van der Waals surface area (Å²) in [7, 11) is 0. The first-order valence-corrected chi connectivity index (χ1v) is 5.07. The molecule has 2 N–H and O–H groups in total. The van der Waals surface area contributed by atoms with Crippen LogP contribution >= 0.6 is 0 Å². The van der Waals surface area contributed by atoms with Crippen molar-refractivity contribution in [3.8, 4) is 11.3 Å². The molecule has 1 heterocycles. The molecule has 5 heteroatoms. The fraction of sp³-hybridized carbons (Fsp3) is 0.273. The van der Waals surface area contributed by atoms with E-state index in [0.29, 0.717) is 18.7 Å². The molecule has 0 atom stereocenters. The van der Waals surface area contributed by atoms with Crippen LogP contribution in [0.3, 0.4) is 0 Å². The van der Waals surface area contributed by atoms with Gasteiger partial charge in [0.05, 0.1) is 12.7 Å². The first-order chi connectivity index (χ1) is 7.70. The van der Waals surface area contributed by atoms with E-state index in [4.69, 9.17) is 5.73 Å². The zero-order valence-electron chi connectivity index (χ0n) is 9.02. The van der Waals surface area contributed by atoms with Crippen molar-refractivity contribution >= 4 is 0 Å². The van der Waals surface area contributed by atoms with Crippen molar-refractivity contribution in [3.05, 3.63) is 35.8 Å². The maximum atomic E-state index is 13.1. The summed E-state index contributed by atoms with van der Waals surface area (Å²) >= 11 is 0. The predicted octanol–water partition coefficient (Wildman–Crippen LogP) is 1.35. The molecule has 2 aromatic rings. The Bertz CT molecular complexity index is 492. The van der Waals surface area contributed by atoms with Crippen molar-refractivity contribution in [2.24, 2.45) is 5.73 Å². The molecule has 0 fully saturated rings. The molecule has 1 aromatic carbocycles. The molecule has 0 spiro atoms. The number of hydrogen-bond acceptors (Lipinski definition) is 3. The fourth-order valence-corrected chi connectivity index (χ4v) is 1.48. The standard InChI is InChI=1S/C11H13FN4/c1-8-6-9(2-3-10(8)12)11-7-16(5-4-13)15-14-11/h2-3,6-7H,4-5,13H2,1H3. The number of aryl methyl sites for hydroxylation is 1. The van der Waals surface area contributed by atoms with Crippen LogP contribution in [0.4, 0.5) is 4.39 Å². The molecule has 2 rings (SSSR count). The number of benzene rings is 1. The normalized spacial score (nSPS) is 10.7. The highest BCUT2D eigenvalue weighted by molar-refractivity contribution is 5.58. The lowest BCUT2D eigenvalue weighted by molar-refractivity contribution is 0.598. The third kappa shape index (κ3) is 2.09.